The van der Waals surface area contributed by atoms with Crippen molar-refractivity contribution in [2.75, 3.05) is 12.8 Å². The SMILES string of the molecule is Cc1nn(C)c(C)c1CCNC(=O)c1ccc(S(C)(=O)=O)cc1. The van der Waals surface area contributed by atoms with Crippen molar-refractivity contribution in [2.24, 2.45) is 7.05 Å². The van der Waals surface area contributed by atoms with Crippen LogP contribution in [0.5, 0.6) is 0 Å². The molecule has 1 aromatic heterocycles. The van der Waals surface area contributed by atoms with Crippen LogP contribution in [0, 0.1) is 13.8 Å². The first kappa shape index (κ1) is 17.2. The van der Waals surface area contributed by atoms with Crippen LogP contribution in [0.1, 0.15) is 27.3 Å². The maximum absolute atomic E-state index is 12.1. The first-order valence-electron chi connectivity index (χ1n) is 7.27. The minimum Gasteiger partial charge on any atom is -0.352 e. The summed E-state index contributed by atoms with van der Waals surface area (Å²) in [6.45, 7) is 4.45. The van der Waals surface area contributed by atoms with Gasteiger partial charge in [0.15, 0.2) is 9.84 Å². The molecule has 124 valence electrons. The summed E-state index contributed by atoms with van der Waals surface area (Å²) in [5.41, 5.74) is 3.64. The molecule has 2 rings (SSSR count). The molecule has 0 aliphatic carbocycles. The summed E-state index contributed by atoms with van der Waals surface area (Å²) in [5, 5.41) is 7.19. The van der Waals surface area contributed by atoms with Gasteiger partial charge in [0.2, 0.25) is 0 Å². The fourth-order valence-electron chi connectivity index (χ4n) is 2.44. The zero-order chi connectivity index (χ0) is 17.2. The van der Waals surface area contributed by atoms with Crippen molar-refractivity contribution in [3.63, 3.8) is 0 Å². The van der Waals surface area contributed by atoms with Gasteiger partial charge in [-0.1, -0.05) is 0 Å². The van der Waals surface area contributed by atoms with Crippen LogP contribution in [0.15, 0.2) is 29.2 Å². The molecule has 0 unspecified atom stereocenters. The number of benzene rings is 1. The summed E-state index contributed by atoms with van der Waals surface area (Å²) in [6, 6.07) is 5.93. The summed E-state index contributed by atoms with van der Waals surface area (Å²) in [4.78, 5) is 12.3. The Bertz CT molecular complexity index is 821. The molecule has 0 fully saturated rings. The highest BCUT2D eigenvalue weighted by atomic mass is 32.2. The van der Waals surface area contributed by atoms with Crippen LogP contribution in [-0.2, 0) is 23.3 Å². The lowest BCUT2D eigenvalue weighted by Gasteiger charge is -2.06. The van der Waals surface area contributed by atoms with Crippen molar-refractivity contribution >= 4 is 15.7 Å². The first-order chi connectivity index (χ1) is 10.7. The normalized spacial score (nSPS) is 11.5. The number of aryl methyl sites for hydroxylation is 2. The second kappa shape index (κ2) is 6.54. The third kappa shape index (κ3) is 3.98. The van der Waals surface area contributed by atoms with Gasteiger partial charge in [0.1, 0.15) is 0 Å². The minimum absolute atomic E-state index is 0.204. The van der Waals surface area contributed by atoms with Gasteiger partial charge in [-0.15, -0.1) is 0 Å². The van der Waals surface area contributed by atoms with Gasteiger partial charge in [-0.3, -0.25) is 9.48 Å². The highest BCUT2D eigenvalue weighted by molar-refractivity contribution is 7.90. The molecule has 2 aromatic rings. The average Bonchev–Trinajstić information content (AvgIpc) is 2.72. The molecule has 0 aliphatic heterocycles. The standard InChI is InChI=1S/C16H21N3O3S/c1-11-15(12(2)19(3)18-11)9-10-17-16(20)13-5-7-14(8-6-13)23(4,21)22/h5-8H,9-10H2,1-4H3,(H,17,20). The number of carbonyl (C=O) groups excluding carboxylic acids is 1. The van der Waals surface area contributed by atoms with Crippen LogP contribution >= 0.6 is 0 Å². The number of aromatic nitrogens is 2. The molecule has 0 radical (unpaired) electrons. The van der Waals surface area contributed by atoms with E-state index in [0.717, 1.165) is 23.2 Å². The second-order valence-corrected chi connectivity index (χ2v) is 7.59. The number of carbonyl (C=O) groups is 1. The van der Waals surface area contributed by atoms with E-state index in [-0.39, 0.29) is 10.8 Å². The lowest BCUT2D eigenvalue weighted by Crippen LogP contribution is -2.26. The quantitative estimate of drug-likeness (QED) is 0.896. The third-order valence-electron chi connectivity index (χ3n) is 3.86. The summed E-state index contributed by atoms with van der Waals surface area (Å²) in [5.74, 6) is -0.218. The van der Waals surface area contributed by atoms with E-state index >= 15 is 0 Å². The lowest BCUT2D eigenvalue weighted by atomic mass is 10.1. The van der Waals surface area contributed by atoms with Crippen molar-refractivity contribution in [1.29, 1.82) is 0 Å². The number of sulfone groups is 1. The molecule has 1 heterocycles. The fraction of sp³-hybridized carbons (Fsp3) is 0.375. The summed E-state index contributed by atoms with van der Waals surface area (Å²) >= 11 is 0. The molecule has 6 nitrogen and oxygen atoms in total. The van der Waals surface area contributed by atoms with E-state index in [1.54, 1.807) is 0 Å². The van der Waals surface area contributed by atoms with Gasteiger partial charge in [-0.2, -0.15) is 5.10 Å². The summed E-state index contributed by atoms with van der Waals surface area (Å²) in [6.07, 6.45) is 1.85. The van der Waals surface area contributed by atoms with Crippen LogP contribution < -0.4 is 5.32 Å². The Hall–Kier alpha value is -2.15. The van der Waals surface area contributed by atoms with E-state index in [0.29, 0.717) is 18.5 Å². The summed E-state index contributed by atoms with van der Waals surface area (Å²) < 4.78 is 24.6. The molecule has 1 aromatic carbocycles. The molecular formula is C16H21N3O3S. The summed E-state index contributed by atoms with van der Waals surface area (Å²) in [7, 11) is -1.35. The lowest BCUT2D eigenvalue weighted by molar-refractivity contribution is 0.0954. The molecule has 1 amide bonds. The van der Waals surface area contributed by atoms with E-state index in [2.05, 4.69) is 10.4 Å². The maximum Gasteiger partial charge on any atom is 0.251 e. The van der Waals surface area contributed by atoms with Crippen molar-refractivity contribution < 1.29 is 13.2 Å². The Morgan fingerprint density at radius 2 is 1.83 bits per heavy atom. The van der Waals surface area contributed by atoms with E-state index in [4.69, 9.17) is 0 Å². The van der Waals surface area contributed by atoms with E-state index < -0.39 is 9.84 Å². The number of amides is 1. The van der Waals surface area contributed by atoms with Crippen LogP contribution in [0.4, 0.5) is 0 Å². The third-order valence-corrected chi connectivity index (χ3v) is 4.99. The molecule has 0 saturated heterocycles. The van der Waals surface area contributed by atoms with Crippen molar-refractivity contribution in [2.45, 2.75) is 25.2 Å². The molecule has 0 saturated carbocycles. The van der Waals surface area contributed by atoms with Gasteiger partial charge in [-0.25, -0.2) is 8.42 Å². The number of rotatable bonds is 5. The fourth-order valence-corrected chi connectivity index (χ4v) is 3.07. The van der Waals surface area contributed by atoms with Crippen molar-refractivity contribution in [3.8, 4) is 0 Å². The zero-order valence-electron chi connectivity index (χ0n) is 13.8. The number of hydrogen-bond donors (Lipinski definition) is 1. The maximum atomic E-state index is 12.1. The monoisotopic (exact) mass is 335 g/mol. The Morgan fingerprint density at radius 3 is 2.30 bits per heavy atom. The molecule has 7 heteroatoms. The van der Waals surface area contributed by atoms with Gasteiger partial charge in [0.25, 0.3) is 5.91 Å². The van der Waals surface area contributed by atoms with Gasteiger partial charge >= 0.3 is 0 Å². The smallest absolute Gasteiger partial charge is 0.251 e. The molecule has 1 N–H and O–H groups in total. The van der Waals surface area contributed by atoms with Crippen LogP contribution in [0.25, 0.3) is 0 Å². The Kier molecular flexibility index (Phi) is 4.89. The molecule has 0 atom stereocenters. The predicted molar refractivity (Wildman–Crippen MR) is 88.3 cm³/mol. The molecule has 0 aliphatic rings. The second-order valence-electron chi connectivity index (χ2n) is 5.58. The first-order valence-corrected chi connectivity index (χ1v) is 9.16. The Morgan fingerprint density at radius 1 is 1.22 bits per heavy atom. The average molecular weight is 335 g/mol. The number of hydrogen-bond acceptors (Lipinski definition) is 4. The van der Waals surface area contributed by atoms with Crippen molar-refractivity contribution in [1.82, 2.24) is 15.1 Å². The molecular weight excluding hydrogens is 314 g/mol. The largest absolute Gasteiger partial charge is 0.352 e. The van der Waals surface area contributed by atoms with Gasteiger partial charge in [-0.05, 0) is 50.1 Å². The molecule has 0 bridgehead atoms. The zero-order valence-corrected chi connectivity index (χ0v) is 14.6. The molecule has 23 heavy (non-hydrogen) atoms. The van der Waals surface area contributed by atoms with Gasteiger partial charge < -0.3 is 5.32 Å². The van der Waals surface area contributed by atoms with Crippen LogP contribution in [0.2, 0.25) is 0 Å². The van der Waals surface area contributed by atoms with Crippen molar-refractivity contribution in [3.05, 3.63) is 46.8 Å². The minimum atomic E-state index is -3.25. The van der Waals surface area contributed by atoms with Crippen LogP contribution in [0.3, 0.4) is 0 Å². The predicted octanol–water partition coefficient (Wildman–Crippen LogP) is 1.41. The van der Waals surface area contributed by atoms with E-state index in [1.807, 2.05) is 25.6 Å². The van der Waals surface area contributed by atoms with E-state index in [9.17, 15) is 13.2 Å². The van der Waals surface area contributed by atoms with Crippen LogP contribution in [-0.4, -0.2) is 36.9 Å². The van der Waals surface area contributed by atoms with E-state index in [1.165, 1.54) is 24.3 Å². The number of nitrogens with zero attached hydrogens (tertiary/aromatic N) is 2. The Balaban J connectivity index is 1.97. The number of nitrogens with one attached hydrogen (secondary N) is 1. The topological polar surface area (TPSA) is 81.1 Å². The Labute approximate surface area is 136 Å². The van der Waals surface area contributed by atoms with Gasteiger partial charge in [0, 0.05) is 31.1 Å². The van der Waals surface area contributed by atoms with Gasteiger partial charge in [0.05, 0.1) is 10.6 Å². The highest BCUT2D eigenvalue weighted by Crippen LogP contribution is 2.13. The molecule has 0 spiro atoms. The highest BCUT2D eigenvalue weighted by Gasteiger charge is 2.11.